The number of pyridine rings is 1. The fourth-order valence-electron chi connectivity index (χ4n) is 3.04. The molecule has 0 amide bonds. The Morgan fingerprint density at radius 2 is 2.00 bits per heavy atom. The van der Waals surface area contributed by atoms with Crippen LogP contribution >= 0.6 is 0 Å². The van der Waals surface area contributed by atoms with Crippen LogP contribution in [-0.4, -0.2) is 11.0 Å². The first kappa shape index (κ1) is 11.2. The van der Waals surface area contributed by atoms with Crippen molar-refractivity contribution in [2.45, 2.75) is 57.5 Å². The summed E-state index contributed by atoms with van der Waals surface area (Å²) in [6.07, 6.45) is 10.2. The smallest absolute Gasteiger partial charge is 0.0605 e. The molecule has 2 fully saturated rings. The molecule has 0 aromatic carbocycles. The molecular weight excluding hydrogens is 208 g/mol. The van der Waals surface area contributed by atoms with Crippen LogP contribution in [0.2, 0.25) is 0 Å². The Morgan fingerprint density at radius 3 is 2.65 bits per heavy atom. The minimum absolute atomic E-state index is 0.513. The summed E-state index contributed by atoms with van der Waals surface area (Å²) in [5.41, 5.74) is 2.64. The molecule has 0 bridgehead atoms. The average Bonchev–Trinajstić information content (AvgIpc) is 3.05. The number of rotatable bonds is 4. The van der Waals surface area contributed by atoms with Crippen LogP contribution in [0.15, 0.2) is 18.3 Å². The lowest BCUT2D eigenvalue weighted by molar-refractivity contribution is 0.398. The van der Waals surface area contributed by atoms with Gasteiger partial charge in [-0.05, 0) is 50.2 Å². The number of hydrogen-bond donors (Lipinski definition) is 1. The van der Waals surface area contributed by atoms with Gasteiger partial charge in [-0.2, -0.15) is 0 Å². The zero-order chi connectivity index (χ0) is 11.7. The maximum Gasteiger partial charge on any atom is 0.0605 e. The largest absolute Gasteiger partial charge is 0.306 e. The SMILES string of the molecule is Cc1cccnc1[C@H](NC1CCCC1)C1CC1. The molecule has 2 saturated carbocycles. The van der Waals surface area contributed by atoms with E-state index in [0.29, 0.717) is 6.04 Å². The van der Waals surface area contributed by atoms with E-state index in [1.807, 2.05) is 12.3 Å². The van der Waals surface area contributed by atoms with Crippen molar-refractivity contribution in [2.24, 2.45) is 5.92 Å². The standard InChI is InChI=1S/C15H22N2/c1-11-5-4-10-16-14(11)15(12-8-9-12)17-13-6-2-3-7-13/h4-5,10,12-13,15,17H,2-3,6-9H2,1H3/t15-/m1/s1. The highest BCUT2D eigenvalue weighted by Gasteiger charge is 2.35. The van der Waals surface area contributed by atoms with Gasteiger partial charge in [0.2, 0.25) is 0 Å². The normalized spacial score (nSPS) is 22.9. The molecule has 1 aromatic heterocycles. The van der Waals surface area contributed by atoms with Gasteiger partial charge in [-0.3, -0.25) is 4.98 Å². The summed E-state index contributed by atoms with van der Waals surface area (Å²) in [5, 5.41) is 3.87. The van der Waals surface area contributed by atoms with E-state index >= 15 is 0 Å². The number of hydrogen-bond acceptors (Lipinski definition) is 2. The van der Waals surface area contributed by atoms with Crippen LogP contribution in [0.3, 0.4) is 0 Å². The van der Waals surface area contributed by atoms with E-state index in [1.165, 1.54) is 49.8 Å². The van der Waals surface area contributed by atoms with Crippen LogP contribution in [-0.2, 0) is 0 Å². The zero-order valence-corrected chi connectivity index (χ0v) is 10.7. The molecule has 0 spiro atoms. The second kappa shape index (κ2) is 4.77. The van der Waals surface area contributed by atoms with Crippen LogP contribution in [0, 0.1) is 12.8 Å². The monoisotopic (exact) mass is 230 g/mol. The molecule has 2 aliphatic carbocycles. The predicted octanol–water partition coefficient (Wildman–Crippen LogP) is 3.37. The summed E-state index contributed by atoms with van der Waals surface area (Å²) in [5.74, 6) is 0.837. The van der Waals surface area contributed by atoms with Crippen molar-refractivity contribution in [1.29, 1.82) is 0 Å². The molecule has 2 heteroatoms. The molecule has 0 aliphatic heterocycles. The molecule has 17 heavy (non-hydrogen) atoms. The van der Waals surface area contributed by atoms with Gasteiger partial charge in [0.25, 0.3) is 0 Å². The van der Waals surface area contributed by atoms with E-state index in [2.05, 4.69) is 23.3 Å². The van der Waals surface area contributed by atoms with E-state index in [0.717, 1.165) is 12.0 Å². The van der Waals surface area contributed by atoms with Crippen molar-refractivity contribution >= 4 is 0 Å². The average molecular weight is 230 g/mol. The Morgan fingerprint density at radius 1 is 1.24 bits per heavy atom. The van der Waals surface area contributed by atoms with Gasteiger partial charge in [0.1, 0.15) is 0 Å². The lowest BCUT2D eigenvalue weighted by Crippen LogP contribution is -2.32. The van der Waals surface area contributed by atoms with Crippen LogP contribution in [0.4, 0.5) is 0 Å². The van der Waals surface area contributed by atoms with Gasteiger partial charge in [0.15, 0.2) is 0 Å². The maximum atomic E-state index is 4.62. The van der Waals surface area contributed by atoms with E-state index in [1.54, 1.807) is 0 Å². The molecule has 92 valence electrons. The summed E-state index contributed by atoms with van der Waals surface area (Å²) in [7, 11) is 0. The Hall–Kier alpha value is -0.890. The van der Waals surface area contributed by atoms with Gasteiger partial charge < -0.3 is 5.32 Å². The molecule has 0 radical (unpaired) electrons. The topological polar surface area (TPSA) is 24.9 Å². The van der Waals surface area contributed by atoms with Gasteiger partial charge in [0.05, 0.1) is 11.7 Å². The van der Waals surface area contributed by atoms with Crippen LogP contribution in [0.5, 0.6) is 0 Å². The van der Waals surface area contributed by atoms with E-state index in [4.69, 9.17) is 0 Å². The molecule has 0 saturated heterocycles. The highest BCUT2D eigenvalue weighted by Crippen LogP contribution is 2.42. The molecule has 3 rings (SSSR count). The van der Waals surface area contributed by atoms with E-state index < -0.39 is 0 Å². The van der Waals surface area contributed by atoms with E-state index in [-0.39, 0.29) is 0 Å². The first-order chi connectivity index (χ1) is 8.34. The summed E-state index contributed by atoms with van der Waals surface area (Å²) >= 11 is 0. The summed E-state index contributed by atoms with van der Waals surface area (Å²) in [4.78, 5) is 4.62. The Bertz CT molecular complexity index is 378. The maximum absolute atomic E-state index is 4.62. The van der Waals surface area contributed by atoms with Crippen LogP contribution in [0.1, 0.15) is 55.8 Å². The minimum Gasteiger partial charge on any atom is -0.306 e. The van der Waals surface area contributed by atoms with Gasteiger partial charge >= 0.3 is 0 Å². The predicted molar refractivity (Wildman–Crippen MR) is 69.8 cm³/mol. The number of aromatic nitrogens is 1. The van der Waals surface area contributed by atoms with Crippen molar-refractivity contribution in [2.75, 3.05) is 0 Å². The Labute approximate surface area is 104 Å². The molecule has 1 atom stereocenters. The zero-order valence-electron chi connectivity index (χ0n) is 10.7. The van der Waals surface area contributed by atoms with Crippen molar-refractivity contribution in [3.63, 3.8) is 0 Å². The van der Waals surface area contributed by atoms with Crippen molar-refractivity contribution in [3.8, 4) is 0 Å². The summed E-state index contributed by atoms with van der Waals surface area (Å²) in [6, 6.07) is 5.48. The van der Waals surface area contributed by atoms with Crippen molar-refractivity contribution in [3.05, 3.63) is 29.6 Å². The van der Waals surface area contributed by atoms with Crippen LogP contribution in [0.25, 0.3) is 0 Å². The van der Waals surface area contributed by atoms with Crippen molar-refractivity contribution < 1.29 is 0 Å². The third kappa shape index (κ3) is 2.52. The summed E-state index contributed by atoms with van der Waals surface area (Å²) < 4.78 is 0. The van der Waals surface area contributed by atoms with Crippen LogP contribution < -0.4 is 5.32 Å². The molecular formula is C15H22N2. The minimum atomic E-state index is 0.513. The third-order valence-corrected chi connectivity index (χ3v) is 4.21. The highest BCUT2D eigenvalue weighted by molar-refractivity contribution is 5.23. The van der Waals surface area contributed by atoms with Gasteiger partial charge in [0, 0.05) is 12.2 Å². The lowest BCUT2D eigenvalue weighted by atomic mass is 10.0. The Kier molecular flexibility index (Phi) is 3.15. The molecule has 2 nitrogen and oxygen atoms in total. The molecule has 1 heterocycles. The molecule has 1 N–H and O–H groups in total. The number of nitrogens with zero attached hydrogens (tertiary/aromatic N) is 1. The van der Waals surface area contributed by atoms with Gasteiger partial charge in [-0.1, -0.05) is 18.9 Å². The summed E-state index contributed by atoms with van der Waals surface area (Å²) in [6.45, 7) is 2.19. The second-order valence-corrected chi connectivity index (χ2v) is 5.67. The lowest BCUT2D eigenvalue weighted by Gasteiger charge is -2.23. The van der Waals surface area contributed by atoms with Gasteiger partial charge in [-0.15, -0.1) is 0 Å². The highest BCUT2D eigenvalue weighted by atomic mass is 15.0. The molecule has 1 aromatic rings. The van der Waals surface area contributed by atoms with Crippen molar-refractivity contribution in [1.82, 2.24) is 10.3 Å². The Balaban J connectivity index is 1.77. The number of aryl methyl sites for hydroxylation is 1. The first-order valence-electron chi connectivity index (χ1n) is 7.02. The first-order valence-corrected chi connectivity index (χ1v) is 7.02. The molecule has 0 unspecified atom stereocenters. The number of nitrogens with one attached hydrogen (secondary N) is 1. The molecule has 2 aliphatic rings. The van der Waals surface area contributed by atoms with E-state index in [9.17, 15) is 0 Å². The second-order valence-electron chi connectivity index (χ2n) is 5.67. The third-order valence-electron chi connectivity index (χ3n) is 4.21. The quantitative estimate of drug-likeness (QED) is 0.857. The fourth-order valence-corrected chi connectivity index (χ4v) is 3.04. The van der Waals surface area contributed by atoms with Gasteiger partial charge in [-0.25, -0.2) is 0 Å². The fraction of sp³-hybridized carbons (Fsp3) is 0.667.